The lowest BCUT2D eigenvalue weighted by Gasteiger charge is -2.18. The van der Waals surface area contributed by atoms with E-state index in [1.165, 1.54) is 51.4 Å². The van der Waals surface area contributed by atoms with Crippen molar-refractivity contribution in [1.29, 1.82) is 0 Å². The molecule has 3 heteroatoms. The zero-order chi connectivity index (χ0) is 15.3. The minimum atomic E-state index is 0.373. The van der Waals surface area contributed by atoms with Gasteiger partial charge in [0, 0.05) is 12.2 Å². The number of hydrogen-bond donors (Lipinski definition) is 1. The Labute approximate surface area is 135 Å². The second kappa shape index (κ2) is 12.0. The van der Waals surface area contributed by atoms with E-state index in [0.29, 0.717) is 11.1 Å². The van der Waals surface area contributed by atoms with Crippen LogP contribution in [0, 0.1) is 0 Å². The lowest BCUT2D eigenvalue weighted by Crippen LogP contribution is -2.23. The average molecular weight is 311 g/mol. The molecule has 0 amide bonds. The molecule has 0 saturated heterocycles. The van der Waals surface area contributed by atoms with E-state index in [2.05, 4.69) is 30.2 Å². The molecule has 1 heterocycles. The normalized spacial score (nSPS) is 12.5. The van der Waals surface area contributed by atoms with Crippen LogP contribution in [0.15, 0.2) is 18.3 Å². The Morgan fingerprint density at radius 2 is 1.71 bits per heavy atom. The van der Waals surface area contributed by atoms with Gasteiger partial charge in [-0.25, -0.2) is 0 Å². The van der Waals surface area contributed by atoms with E-state index in [1.807, 2.05) is 6.07 Å². The first kappa shape index (κ1) is 18.4. The van der Waals surface area contributed by atoms with Crippen molar-refractivity contribution in [2.45, 2.75) is 77.7 Å². The number of nitrogens with one attached hydrogen (secondary N) is 1. The maximum atomic E-state index is 5.93. The summed E-state index contributed by atoms with van der Waals surface area (Å²) in [6.45, 7) is 5.52. The third-order valence-corrected chi connectivity index (χ3v) is 4.07. The predicted octanol–water partition coefficient (Wildman–Crippen LogP) is 5.92. The molecule has 0 spiro atoms. The van der Waals surface area contributed by atoms with Crippen molar-refractivity contribution in [3.63, 3.8) is 0 Å². The molecule has 1 N–H and O–H groups in total. The smallest absolute Gasteiger partial charge is 0.0589 e. The highest BCUT2D eigenvalue weighted by atomic mass is 35.5. The molecule has 0 aromatic carbocycles. The van der Waals surface area contributed by atoms with Gasteiger partial charge in [-0.15, -0.1) is 0 Å². The van der Waals surface area contributed by atoms with Gasteiger partial charge in [0.25, 0.3) is 0 Å². The SMILES string of the molecule is CCCCCCCCCC(NCCC)c1ccc(Cl)cn1. The fourth-order valence-corrected chi connectivity index (χ4v) is 2.68. The van der Waals surface area contributed by atoms with Crippen molar-refractivity contribution >= 4 is 11.6 Å². The van der Waals surface area contributed by atoms with Crippen LogP contribution in [-0.2, 0) is 0 Å². The number of rotatable bonds is 12. The van der Waals surface area contributed by atoms with Crippen molar-refractivity contribution in [2.24, 2.45) is 0 Å². The Hall–Kier alpha value is -0.600. The lowest BCUT2D eigenvalue weighted by molar-refractivity contribution is 0.458. The standard InChI is InChI=1S/C18H31ClN2/c1-3-5-6-7-8-9-10-11-17(20-14-4-2)18-13-12-16(19)15-21-18/h12-13,15,17,20H,3-11,14H2,1-2H3. The quantitative estimate of drug-likeness (QED) is 0.485. The van der Waals surface area contributed by atoms with Crippen LogP contribution in [0.4, 0.5) is 0 Å². The minimum absolute atomic E-state index is 0.373. The van der Waals surface area contributed by atoms with E-state index in [1.54, 1.807) is 6.20 Å². The summed E-state index contributed by atoms with van der Waals surface area (Å²) in [7, 11) is 0. The van der Waals surface area contributed by atoms with Crippen LogP contribution in [0.5, 0.6) is 0 Å². The molecular formula is C18H31ClN2. The third kappa shape index (κ3) is 8.43. The molecule has 1 aromatic heterocycles. The maximum absolute atomic E-state index is 5.93. The first-order valence-electron chi connectivity index (χ1n) is 8.62. The molecule has 1 unspecified atom stereocenters. The summed E-state index contributed by atoms with van der Waals surface area (Å²) in [6.07, 6.45) is 13.5. The number of unbranched alkanes of at least 4 members (excludes halogenated alkanes) is 6. The van der Waals surface area contributed by atoms with Gasteiger partial charge in [-0.1, -0.05) is 70.4 Å². The van der Waals surface area contributed by atoms with E-state index in [-0.39, 0.29) is 0 Å². The molecule has 0 saturated carbocycles. The molecule has 1 rings (SSSR count). The Balaban J connectivity index is 2.31. The minimum Gasteiger partial charge on any atom is -0.309 e. The molecule has 0 aliphatic carbocycles. The van der Waals surface area contributed by atoms with Gasteiger partial charge in [-0.05, 0) is 31.5 Å². The largest absolute Gasteiger partial charge is 0.309 e. The van der Waals surface area contributed by atoms with Gasteiger partial charge < -0.3 is 5.32 Å². The summed E-state index contributed by atoms with van der Waals surface area (Å²) >= 11 is 5.93. The summed E-state index contributed by atoms with van der Waals surface area (Å²) in [5, 5.41) is 4.32. The monoisotopic (exact) mass is 310 g/mol. The Morgan fingerprint density at radius 3 is 2.33 bits per heavy atom. The first-order valence-corrected chi connectivity index (χ1v) is 9.00. The first-order chi connectivity index (χ1) is 10.3. The van der Waals surface area contributed by atoms with Gasteiger partial charge in [0.2, 0.25) is 0 Å². The van der Waals surface area contributed by atoms with Crippen LogP contribution < -0.4 is 5.32 Å². The third-order valence-electron chi connectivity index (χ3n) is 3.84. The molecule has 0 bridgehead atoms. The Morgan fingerprint density at radius 1 is 1.00 bits per heavy atom. The van der Waals surface area contributed by atoms with Gasteiger partial charge in [0.15, 0.2) is 0 Å². The summed E-state index contributed by atoms with van der Waals surface area (Å²) < 4.78 is 0. The fraction of sp³-hybridized carbons (Fsp3) is 0.722. The van der Waals surface area contributed by atoms with Gasteiger partial charge in [0.05, 0.1) is 10.7 Å². The summed E-state index contributed by atoms with van der Waals surface area (Å²) in [5.74, 6) is 0. The van der Waals surface area contributed by atoms with Crippen molar-refractivity contribution in [1.82, 2.24) is 10.3 Å². The summed E-state index contributed by atoms with van der Waals surface area (Å²) in [4.78, 5) is 4.48. The Bertz CT molecular complexity index is 351. The molecule has 0 radical (unpaired) electrons. The van der Waals surface area contributed by atoms with Gasteiger partial charge >= 0.3 is 0 Å². The van der Waals surface area contributed by atoms with E-state index in [0.717, 1.165) is 18.7 Å². The molecule has 1 aromatic rings. The topological polar surface area (TPSA) is 24.9 Å². The van der Waals surface area contributed by atoms with Crippen LogP contribution >= 0.6 is 11.6 Å². The van der Waals surface area contributed by atoms with E-state index in [9.17, 15) is 0 Å². The highest BCUT2D eigenvalue weighted by Crippen LogP contribution is 2.20. The second-order valence-electron chi connectivity index (χ2n) is 5.82. The molecule has 21 heavy (non-hydrogen) atoms. The van der Waals surface area contributed by atoms with Crippen molar-refractivity contribution in [3.8, 4) is 0 Å². The lowest BCUT2D eigenvalue weighted by atomic mass is 10.0. The molecular weight excluding hydrogens is 280 g/mol. The fourth-order valence-electron chi connectivity index (χ4n) is 2.57. The molecule has 120 valence electrons. The zero-order valence-corrected chi connectivity index (χ0v) is 14.5. The predicted molar refractivity (Wildman–Crippen MR) is 92.9 cm³/mol. The van der Waals surface area contributed by atoms with Gasteiger partial charge in [0.1, 0.15) is 0 Å². The average Bonchev–Trinajstić information content (AvgIpc) is 2.50. The van der Waals surface area contributed by atoms with E-state index in [4.69, 9.17) is 11.6 Å². The molecule has 0 aliphatic heterocycles. The van der Waals surface area contributed by atoms with Crippen molar-refractivity contribution in [2.75, 3.05) is 6.54 Å². The van der Waals surface area contributed by atoms with Gasteiger partial charge in [-0.3, -0.25) is 4.98 Å². The number of halogens is 1. The molecule has 0 aliphatic rings. The number of hydrogen-bond acceptors (Lipinski definition) is 2. The highest BCUT2D eigenvalue weighted by molar-refractivity contribution is 6.30. The second-order valence-corrected chi connectivity index (χ2v) is 6.25. The molecule has 2 nitrogen and oxygen atoms in total. The van der Waals surface area contributed by atoms with Crippen LogP contribution in [-0.4, -0.2) is 11.5 Å². The van der Waals surface area contributed by atoms with Crippen molar-refractivity contribution < 1.29 is 0 Å². The van der Waals surface area contributed by atoms with E-state index < -0.39 is 0 Å². The summed E-state index contributed by atoms with van der Waals surface area (Å²) in [6, 6.07) is 4.37. The maximum Gasteiger partial charge on any atom is 0.0589 e. The number of pyridine rings is 1. The van der Waals surface area contributed by atoms with Gasteiger partial charge in [-0.2, -0.15) is 0 Å². The van der Waals surface area contributed by atoms with Crippen LogP contribution in [0.25, 0.3) is 0 Å². The van der Waals surface area contributed by atoms with Crippen LogP contribution in [0.1, 0.15) is 83.4 Å². The Kier molecular flexibility index (Phi) is 10.5. The zero-order valence-electron chi connectivity index (χ0n) is 13.7. The molecule has 1 atom stereocenters. The van der Waals surface area contributed by atoms with Crippen LogP contribution in [0.3, 0.4) is 0 Å². The number of nitrogens with zero attached hydrogens (tertiary/aromatic N) is 1. The number of aromatic nitrogens is 1. The highest BCUT2D eigenvalue weighted by Gasteiger charge is 2.11. The van der Waals surface area contributed by atoms with Crippen molar-refractivity contribution in [3.05, 3.63) is 29.0 Å². The van der Waals surface area contributed by atoms with E-state index >= 15 is 0 Å². The molecule has 0 fully saturated rings. The van der Waals surface area contributed by atoms with Crippen LogP contribution in [0.2, 0.25) is 5.02 Å². The summed E-state index contributed by atoms with van der Waals surface area (Å²) in [5.41, 5.74) is 1.12.